The van der Waals surface area contributed by atoms with Crippen LogP contribution < -0.4 is 5.73 Å². The van der Waals surface area contributed by atoms with Gasteiger partial charge in [0.05, 0.1) is 5.03 Å². The summed E-state index contributed by atoms with van der Waals surface area (Å²) in [5, 5.41) is 0.765. The standard InChI is InChI=1S/C11H19ClN2/c1-3-5-11(12)9(2)14-7-4-6-10(13)8-14/h5,10H,2-4,6-8,13H2,1H3/b11-5+/t10-/m0/s1. The van der Waals surface area contributed by atoms with Gasteiger partial charge in [-0.1, -0.05) is 31.2 Å². The monoisotopic (exact) mass is 214 g/mol. The lowest BCUT2D eigenvalue weighted by atomic mass is 10.1. The molecule has 1 atom stereocenters. The van der Waals surface area contributed by atoms with Gasteiger partial charge >= 0.3 is 0 Å². The van der Waals surface area contributed by atoms with Crippen LogP contribution >= 0.6 is 11.6 Å². The molecule has 2 N–H and O–H groups in total. The second-order valence-corrected chi connectivity index (χ2v) is 4.16. The van der Waals surface area contributed by atoms with E-state index in [4.69, 9.17) is 17.3 Å². The van der Waals surface area contributed by atoms with E-state index in [1.165, 1.54) is 0 Å². The van der Waals surface area contributed by atoms with Crippen LogP contribution in [-0.4, -0.2) is 24.0 Å². The highest BCUT2D eigenvalue weighted by molar-refractivity contribution is 6.31. The van der Waals surface area contributed by atoms with Gasteiger partial charge in [0.25, 0.3) is 0 Å². The first-order valence-electron chi connectivity index (χ1n) is 5.20. The van der Waals surface area contributed by atoms with Gasteiger partial charge in [0.1, 0.15) is 0 Å². The topological polar surface area (TPSA) is 29.3 Å². The van der Waals surface area contributed by atoms with E-state index in [0.29, 0.717) is 0 Å². The van der Waals surface area contributed by atoms with E-state index in [2.05, 4.69) is 18.4 Å². The van der Waals surface area contributed by atoms with Gasteiger partial charge in [0, 0.05) is 24.8 Å². The summed E-state index contributed by atoms with van der Waals surface area (Å²) in [6, 6.07) is 0.270. The molecule has 0 amide bonds. The predicted molar refractivity (Wildman–Crippen MR) is 62.1 cm³/mol. The van der Waals surface area contributed by atoms with E-state index in [9.17, 15) is 0 Å². The number of likely N-dealkylation sites (tertiary alicyclic amines) is 1. The smallest absolute Gasteiger partial charge is 0.0593 e. The Balaban J connectivity index is 2.55. The number of rotatable bonds is 3. The average molecular weight is 215 g/mol. The molecule has 1 fully saturated rings. The Hall–Kier alpha value is -0.470. The summed E-state index contributed by atoms with van der Waals surface area (Å²) in [6.45, 7) is 7.98. The first kappa shape index (κ1) is 11.6. The molecule has 0 spiro atoms. The Labute approximate surface area is 91.4 Å². The minimum Gasteiger partial charge on any atom is -0.369 e. The molecule has 1 aliphatic rings. The van der Waals surface area contributed by atoms with Crippen LogP contribution in [0.3, 0.4) is 0 Å². The van der Waals surface area contributed by atoms with Crippen molar-refractivity contribution < 1.29 is 0 Å². The van der Waals surface area contributed by atoms with E-state index in [1.54, 1.807) is 0 Å². The van der Waals surface area contributed by atoms with Crippen LogP contribution in [0.5, 0.6) is 0 Å². The van der Waals surface area contributed by atoms with E-state index < -0.39 is 0 Å². The number of piperidine rings is 1. The highest BCUT2D eigenvalue weighted by atomic mass is 35.5. The van der Waals surface area contributed by atoms with Crippen LogP contribution in [0.4, 0.5) is 0 Å². The van der Waals surface area contributed by atoms with Crippen LogP contribution in [-0.2, 0) is 0 Å². The summed E-state index contributed by atoms with van der Waals surface area (Å²) in [4.78, 5) is 2.18. The van der Waals surface area contributed by atoms with E-state index >= 15 is 0 Å². The van der Waals surface area contributed by atoms with Crippen LogP contribution in [0.25, 0.3) is 0 Å². The minimum atomic E-state index is 0.270. The maximum atomic E-state index is 6.09. The lowest BCUT2D eigenvalue weighted by Crippen LogP contribution is -2.42. The summed E-state index contributed by atoms with van der Waals surface area (Å²) in [5.41, 5.74) is 6.81. The van der Waals surface area contributed by atoms with Gasteiger partial charge < -0.3 is 10.6 Å². The maximum Gasteiger partial charge on any atom is 0.0593 e. The summed E-state index contributed by atoms with van der Waals surface area (Å²) >= 11 is 6.09. The summed E-state index contributed by atoms with van der Waals surface area (Å²) in [7, 11) is 0. The fraction of sp³-hybridized carbons (Fsp3) is 0.636. The quantitative estimate of drug-likeness (QED) is 0.732. The molecule has 0 unspecified atom stereocenters. The van der Waals surface area contributed by atoms with Gasteiger partial charge in [-0.25, -0.2) is 0 Å². The van der Waals surface area contributed by atoms with Gasteiger partial charge in [-0.3, -0.25) is 0 Å². The number of nitrogens with two attached hydrogens (primary N) is 1. The number of halogens is 1. The zero-order chi connectivity index (χ0) is 10.6. The molecule has 0 aliphatic carbocycles. The van der Waals surface area contributed by atoms with Crippen LogP contribution in [0, 0.1) is 0 Å². The average Bonchev–Trinajstić information content (AvgIpc) is 2.17. The molecule has 1 saturated heterocycles. The van der Waals surface area contributed by atoms with Crippen LogP contribution in [0.15, 0.2) is 23.4 Å². The van der Waals surface area contributed by atoms with Crippen molar-refractivity contribution in [2.45, 2.75) is 32.2 Å². The molecule has 2 nitrogen and oxygen atoms in total. The fourth-order valence-electron chi connectivity index (χ4n) is 1.70. The van der Waals surface area contributed by atoms with Crippen molar-refractivity contribution in [3.8, 4) is 0 Å². The Kier molecular flexibility index (Phi) is 4.49. The summed E-state index contributed by atoms with van der Waals surface area (Å²) < 4.78 is 0. The Morgan fingerprint density at radius 2 is 2.43 bits per heavy atom. The number of allylic oxidation sites excluding steroid dienone is 2. The zero-order valence-corrected chi connectivity index (χ0v) is 9.56. The normalized spacial score (nSPS) is 23.8. The third-order valence-corrected chi connectivity index (χ3v) is 2.87. The van der Waals surface area contributed by atoms with Crippen molar-refractivity contribution >= 4 is 11.6 Å². The minimum absolute atomic E-state index is 0.270. The second kappa shape index (κ2) is 5.42. The molecule has 0 aromatic rings. The van der Waals surface area contributed by atoms with Crippen molar-refractivity contribution in [3.05, 3.63) is 23.4 Å². The predicted octanol–water partition coefficient (Wildman–Crippen LogP) is 2.46. The third kappa shape index (κ3) is 3.03. The van der Waals surface area contributed by atoms with Crippen molar-refractivity contribution in [1.82, 2.24) is 4.90 Å². The van der Waals surface area contributed by atoms with Crippen molar-refractivity contribution in [3.63, 3.8) is 0 Å². The molecular formula is C11H19ClN2. The van der Waals surface area contributed by atoms with Crippen molar-refractivity contribution in [2.24, 2.45) is 5.73 Å². The Morgan fingerprint density at radius 1 is 1.71 bits per heavy atom. The molecule has 14 heavy (non-hydrogen) atoms. The SMILES string of the molecule is C=C(/C(Cl)=C\CC)N1CCC[C@H](N)C1. The first-order chi connectivity index (χ1) is 6.65. The van der Waals surface area contributed by atoms with Gasteiger partial charge in [-0.05, 0) is 19.3 Å². The van der Waals surface area contributed by atoms with Crippen LogP contribution in [0.2, 0.25) is 0 Å². The fourth-order valence-corrected chi connectivity index (χ4v) is 1.98. The molecule has 0 saturated carbocycles. The number of nitrogens with zero attached hydrogens (tertiary/aromatic N) is 1. The molecule has 0 aromatic carbocycles. The Bertz CT molecular complexity index is 235. The third-order valence-electron chi connectivity index (χ3n) is 2.50. The van der Waals surface area contributed by atoms with Gasteiger partial charge in [-0.15, -0.1) is 0 Å². The van der Waals surface area contributed by atoms with Gasteiger partial charge in [-0.2, -0.15) is 0 Å². The maximum absolute atomic E-state index is 6.09. The summed E-state index contributed by atoms with van der Waals surface area (Å²) in [5.74, 6) is 0. The molecule has 3 heteroatoms. The zero-order valence-electron chi connectivity index (χ0n) is 8.80. The summed E-state index contributed by atoms with van der Waals surface area (Å²) in [6.07, 6.45) is 5.18. The van der Waals surface area contributed by atoms with Gasteiger partial charge in [0.15, 0.2) is 0 Å². The van der Waals surface area contributed by atoms with E-state index in [1.807, 2.05) is 6.08 Å². The molecule has 0 bridgehead atoms. The van der Waals surface area contributed by atoms with E-state index in [0.717, 1.165) is 43.1 Å². The highest BCUT2D eigenvalue weighted by Gasteiger charge is 2.18. The molecule has 0 radical (unpaired) electrons. The van der Waals surface area contributed by atoms with Crippen molar-refractivity contribution in [1.29, 1.82) is 0 Å². The lowest BCUT2D eigenvalue weighted by Gasteiger charge is -2.33. The molecular weight excluding hydrogens is 196 g/mol. The first-order valence-corrected chi connectivity index (χ1v) is 5.58. The van der Waals surface area contributed by atoms with Crippen LogP contribution in [0.1, 0.15) is 26.2 Å². The lowest BCUT2D eigenvalue weighted by molar-refractivity contribution is 0.266. The van der Waals surface area contributed by atoms with Crippen molar-refractivity contribution in [2.75, 3.05) is 13.1 Å². The molecule has 1 aliphatic heterocycles. The molecule has 0 aromatic heterocycles. The van der Waals surface area contributed by atoms with E-state index in [-0.39, 0.29) is 6.04 Å². The second-order valence-electron chi connectivity index (χ2n) is 3.76. The number of hydrogen-bond acceptors (Lipinski definition) is 2. The molecule has 80 valence electrons. The van der Waals surface area contributed by atoms with Gasteiger partial charge in [0.2, 0.25) is 0 Å². The highest BCUT2D eigenvalue weighted by Crippen LogP contribution is 2.21. The number of hydrogen-bond donors (Lipinski definition) is 1. The Morgan fingerprint density at radius 3 is 3.00 bits per heavy atom. The largest absolute Gasteiger partial charge is 0.369 e. The molecule has 1 heterocycles. The molecule has 1 rings (SSSR count).